The summed E-state index contributed by atoms with van der Waals surface area (Å²) in [7, 11) is 0. The van der Waals surface area contributed by atoms with Crippen molar-refractivity contribution in [2.75, 3.05) is 13.2 Å². The minimum absolute atomic E-state index is 0.00980. The molecular formula is C19H26N2O4. The number of rotatable bonds is 13. The number of aldehydes is 1. The second-order valence-electron chi connectivity index (χ2n) is 5.56. The predicted octanol–water partition coefficient (Wildman–Crippen LogP) is 3.78. The first-order valence-electron chi connectivity index (χ1n) is 8.57. The van der Waals surface area contributed by atoms with Crippen LogP contribution < -0.4 is 0 Å². The molecular weight excluding hydrogens is 320 g/mol. The Morgan fingerprint density at radius 1 is 1.08 bits per heavy atom. The van der Waals surface area contributed by atoms with Crippen LogP contribution in [0.5, 0.6) is 0 Å². The van der Waals surface area contributed by atoms with Gasteiger partial charge >= 0.3 is 0 Å². The maximum absolute atomic E-state index is 11.3. The normalized spacial score (nSPS) is 11.5. The summed E-state index contributed by atoms with van der Waals surface area (Å²) in [6.07, 6.45) is 6.65. The number of nitrogens with zero attached hydrogens (tertiary/aromatic N) is 2. The molecule has 0 radical (unpaired) electrons. The van der Waals surface area contributed by atoms with Gasteiger partial charge in [0.1, 0.15) is 25.2 Å². The molecule has 0 amide bonds. The number of oxime groups is 2. The molecule has 0 bridgehead atoms. The summed E-state index contributed by atoms with van der Waals surface area (Å²) in [5.74, 6) is 0.00980. The van der Waals surface area contributed by atoms with Crippen LogP contribution in [0.1, 0.15) is 61.9 Å². The average molecular weight is 346 g/mol. The molecule has 0 aliphatic carbocycles. The number of carbonyl (C=O) groups is 2. The Morgan fingerprint density at radius 3 is 2.44 bits per heavy atom. The SMILES string of the molecule is CCC(=O)C(C)=NOCCCCCCON=Cc1cccc(C=O)c1. The summed E-state index contributed by atoms with van der Waals surface area (Å²) in [4.78, 5) is 32.3. The van der Waals surface area contributed by atoms with Crippen molar-refractivity contribution in [2.45, 2.75) is 46.0 Å². The smallest absolute Gasteiger partial charge is 0.179 e. The Bertz CT molecular complexity index is 597. The highest BCUT2D eigenvalue weighted by Gasteiger charge is 2.02. The van der Waals surface area contributed by atoms with E-state index < -0.39 is 0 Å². The molecule has 0 aliphatic heterocycles. The van der Waals surface area contributed by atoms with Crippen LogP contribution in [0.15, 0.2) is 34.6 Å². The van der Waals surface area contributed by atoms with E-state index in [1.54, 1.807) is 38.3 Å². The van der Waals surface area contributed by atoms with Crippen LogP contribution in [-0.2, 0) is 14.5 Å². The topological polar surface area (TPSA) is 77.3 Å². The summed E-state index contributed by atoms with van der Waals surface area (Å²) in [6.45, 7) is 4.53. The van der Waals surface area contributed by atoms with Gasteiger partial charge in [-0.3, -0.25) is 9.59 Å². The first-order valence-corrected chi connectivity index (χ1v) is 8.57. The number of Topliss-reactive ketones (excluding diaryl/α,β-unsaturated/α-hetero) is 1. The fraction of sp³-hybridized carbons (Fsp3) is 0.474. The van der Waals surface area contributed by atoms with Crippen LogP contribution >= 0.6 is 0 Å². The third-order valence-electron chi connectivity index (χ3n) is 3.47. The Morgan fingerprint density at radius 2 is 1.76 bits per heavy atom. The lowest BCUT2D eigenvalue weighted by atomic mass is 10.1. The van der Waals surface area contributed by atoms with E-state index in [1.165, 1.54) is 0 Å². The number of benzene rings is 1. The number of unbranched alkanes of at least 4 members (excludes halogenated alkanes) is 3. The maximum atomic E-state index is 11.3. The summed E-state index contributed by atoms with van der Waals surface area (Å²) in [5, 5.41) is 7.69. The highest BCUT2D eigenvalue weighted by atomic mass is 16.6. The van der Waals surface area contributed by atoms with Crippen molar-refractivity contribution in [1.82, 2.24) is 0 Å². The molecule has 6 heteroatoms. The molecule has 0 N–H and O–H groups in total. The van der Waals surface area contributed by atoms with Gasteiger partial charge in [0.05, 0.1) is 6.21 Å². The lowest BCUT2D eigenvalue weighted by Gasteiger charge is -2.02. The molecule has 1 aromatic rings. The molecule has 136 valence electrons. The molecule has 25 heavy (non-hydrogen) atoms. The van der Waals surface area contributed by atoms with Crippen molar-refractivity contribution in [3.05, 3.63) is 35.4 Å². The second kappa shape index (κ2) is 12.9. The minimum Gasteiger partial charge on any atom is -0.396 e. The molecule has 0 saturated heterocycles. The number of hydrogen-bond donors (Lipinski definition) is 0. The zero-order chi connectivity index (χ0) is 18.3. The van der Waals surface area contributed by atoms with E-state index in [2.05, 4.69) is 10.3 Å². The molecule has 1 aromatic carbocycles. The van der Waals surface area contributed by atoms with Gasteiger partial charge in [0.2, 0.25) is 0 Å². The third kappa shape index (κ3) is 9.39. The van der Waals surface area contributed by atoms with Crippen LogP contribution in [0.3, 0.4) is 0 Å². The molecule has 0 fully saturated rings. The van der Waals surface area contributed by atoms with Gasteiger partial charge in [-0.05, 0) is 44.2 Å². The zero-order valence-corrected chi connectivity index (χ0v) is 14.9. The van der Waals surface area contributed by atoms with Crippen molar-refractivity contribution in [1.29, 1.82) is 0 Å². The van der Waals surface area contributed by atoms with Crippen molar-refractivity contribution in [3.8, 4) is 0 Å². The second-order valence-corrected chi connectivity index (χ2v) is 5.56. The standard InChI is InChI=1S/C19H26N2O4/c1-3-19(23)16(2)21-25-12-7-5-4-6-11-24-20-14-17-9-8-10-18(13-17)15-22/h8-10,13-15H,3-7,11-12H2,1-2H3. The molecule has 1 rings (SSSR count). The van der Waals surface area contributed by atoms with Crippen molar-refractivity contribution in [2.24, 2.45) is 10.3 Å². The lowest BCUT2D eigenvalue weighted by Crippen LogP contribution is -2.08. The molecule has 0 unspecified atom stereocenters. The quantitative estimate of drug-likeness (QED) is 0.236. The Kier molecular flexibility index (Phi) is 10.6. The van der Waals surface area contributed by atoms with Gasteiger partial charge in [-0.2, -0.15) is 0 Å². The van der Waals surface area contributed by atoms with Gasteiger partial charge in [0, 0.05) is 12.0 Å². The highest BCUT2D eigenvalue weighted by Crippen LogP contribution is 2.03. The third-order valence-corrected chi connectivity index (χ3v) is 3.47. The number of carbonyl (C=O) groups excluding carboxylic acids is 2. The van der Waals surface area contributed by atoms with Crippen LogP contribution in [0.4, 0.5) is 0 Å². The van der Waals surface area contributed by atoms with E-state index in [1.807, 2.05) is 6.07 Å². The van der Waals surface area contributed by atoms with Crippen molar-refractivity contribution in [3.63, 3.8) is 0 Å². The molecule has 0 spiro atoms. The van der Waals surface area contributed by atoms with E-state index >= 15 is 0 Å². The minimum atomic E-state index is 0.00980. The fourth-order valence-corrected chi connectivity index (χ4v) is 2.00. The lowest BCUT2D eigenvalue weighted by molar-refractivity contribution is -0.112. The maximum Gasteiger partial charge on any atom is 0.179 e. The molecule has 0 aliphatic rings. The zero-order valence-electron chi connectivity index (χ0n) is 14.9. The first kappa shape index (κ1) is 20.5. The highest BCUT2D eigenvalue weighted by molar-refractivity contribution is 6.38. The number of ketones is 1. The number of hydrogen-bond acceptors (Lipinski definition) is 6. The van der Waals surface area contributed by atoms with Crippen LogP contribution in [0.25, 0.3) is 0 Å². The molecule has 0 atom stereocenters. The summed E-state index contributed by atoms with van der Waals surface area (Å²) in [6, 6.07) is 7.15. The van der Waals surface area contributed by atoms with E-state index in [9.17, 15) is 9.59 Å². The van der Waals surface area contributed by atoms with Crippen molar-refractivity contribution < 1.29 is 19.3 Å². The first-order chi connectivity index (χ1) is 12.2. The Balaban J connectivity index is 2.02. The summed E-state index contributed by atoms with van der Waals surface area (Å²) in [5.41, 5.74) is 1.87. The van der Waals surface area contributed by atoms with Crippen molar-refractivity contribution >= 4 is 24.0 Å². The largest absolute Gasteiger partial charge is 0.396 e. The monoisotopic (exact) mass is 346 g/mol. The van der Waals surface area contributed by atoms with Crippen LogP contribution in [0, 0.1) is 0 Å². The van der Waals surface area contributed by atoms with E-state index in [0.717, 1.165) is 37.5 Å². The Labute approximate surface area is 148 Å². The van der Waals surface area contributed by atoms with Gasteiger partial charge in [0.15, 0.2) is 5.78 Å². The average Bonchev–Trinajstić information content (AvgIpc) is 2.65. The molecule has 0 aromatic heterocycles. The summed E-state index contributed by atoms with van der Waals surface area (Å²) < 4.78 is 0. The predicted molar refractivity (Wildman–Crippen MR) is 98.2 cm³/mol. The van der Waals surface area contributed by atoms with Gasteiger partial charge < -0.3 is 9.68 Å². The van der Waals surface area contributed by atoms with Gasteiger partial charge in [-0.25, -0.2) is 0 Å². The van der Waals surface area contributed by atoms with Gasteiger partial charge in [-0.1, -0.05) is 35.4 Å². The van der Waals surface area contributed by atoms with E-state index in [0.29, 0.717) is 30.9 Å². The molecule has 0 heterocycles. The van der Waals surface area contributed by atoms with E-state index in [4.69, 9.17) is 9.68 Å². The van der Waals surface area contributed by atoms with Crippen LogP contribution in [-0.4, -0.2) is 37.2 Å². The Hall–Kier alpha value is -2.50. The van der Waals surface area contributed by atoms with Crippen LogP contribution in [0.2, 0.25) is 0 Å². The summed E-state index contributed by atoms with van der Waals surface area (Å²) >= 11 is 0. The molecule has 0 saturated carbocycles. The van der Waals surface area contributed by atoms with Gasteiger partial charge in [0.25, 0.3) is 0 Å². The van der Waals surface area contributed by atoms with Gasteiger partial charge in [-0.15, -0.1) is 0 Å². The molecule has 6 nitrogen and oxygen atoms in total. The fourth-order valence-electron chi connectivity index (χ4n) is 2.00. The van der Waals surface area contributed by atoms with E-state index in [-0.39, 0.29) is 5.78 Å².